The Bertz CT molecular complexity index is 859. The van der Waals surface area contributed by atoms with Crippen LogP contribution < -0.4 is 5.32 Å². The molecule has 3 aromatic rings. The number of carbonyl (C=O) groups is 1. The van der Waals surface area contributed by atoms with Gasteiger partial charge in [-0.15, -0.1) is 11.3 Å². The van der Waals surface area contributed by atoms with Gasteiger partial charge in [0.05, 0.1) is 6.20 Å². The van der Waals surface area contributed by atoms with Crippen LogP contribution in [0.4, 0.5) is 5.13 Å². The van der Waals surface area contributed by atoms with Gasteiger partial charge in [0.25, 0.3) is 5.91 Å². The van der Waals surface area contributed by atoms with Gasteiger partial charge in [-0.3, -0.25) is 10.1 Å². The molecular formula is C16H10BrClN2OS2. The molecule has 0 fully saturated rings. The molecule has 0 spiro atoms. The molecule has 3 rings (SSSR count). The fraction of sp³-hybridized carbons (Fsp3) is 0. The van der Waals surface area contributed by atoms with Crippen molar-refractivity contribution in [3.63, 3.8) is 0 Å². The minimum Gasteiger partial charge on any atom is -0.298 e. The molecule has 0 radical (unpaired) electrons. The summed E-state index contributed by atoms with van der Waals surface area (Å²) in [6.07, 6.45) is 3.39. The lowest BCUT2D eigenvalue weighted by molar-refractivity contribution is -0.111. The van der Waals surface area contributed by atoms with E-state index in [-0.39, 0.29) is 5.91 Å². The van der Waals surface area contributed by atoms with Gasteiger partial charge in [0.2, 0.25) is 0 Å². The first-order valence-electron chi connectivity index (χ1n) is 6.55. The van der Waals surface area contributed by atoms with Crippen LogP contribution in [0, 0.1) is 0 Å². The Morgan fingerprint density at radius 1 is 1.30 bits per heavy atom. The highest BCUT2D eigenvalue weighted by atomic mass is 79.9. The van der Waals surface area contributed by atoms with Crippen LogP contribution >= 0.6 is 50.2 Å². The number of amides is 1. The maximum Gasteiger partial charge on any atom is 0.258 e. The normalized spacial score (nSPS) is 11.5. The van der Waals surface area contributed by atoms with Gasteiger partial charge in [-0.2, -0.15) is 0 Å². The van der Waals surface area contributed by atoms with Crippen LogP contribution in [0.5, 0.6) is 0 Å². The highest BCUT2D eigenvalue weighted by Crippen LogP contribution is 2.27. The first-order valence-corrected chi connectivity index (χ1v) is 9.42. The molecule has 0 aliphatic carbocycles. The van der Waals surface area contributed by atoms with Crippen LogP contribution in [0.15, 0.2) is 52.4 Å². The molecule has 1 amide bonds. The van der Waals surface area contributed by atoms with E-state index in [2.05, 4.69) is 26.2 Å². The zero-order chi connectivity index (χ0) is 16.2. The lowest BCUT2D eigenvalue weighted by Gasteiger charge is -2.08. The van der Waals surface area contributed by atoms with E-state index in [4.69, 9.17) is 11.6 Å². The van der Waals surface area contributed by atoms with E-state index in [1.807, 2.05) is 47.9 Å². The number of thiophene rings is 1. The zero-order valence-corrected chi connectivity index (χ0v) is 15.6. The summed E-state index contributed by atoms with van der Waals surface area (Å²) in [7, 11) is 0. The van der Waals surface area contributed by atoms with Gasteiger partial charge in [-0.1, -0.05) is 57.1 Å². The number of rotatable bonds is 4. The van der Waals surface area contributed by atoms with Crippen molar-refractivity contribution in [2.45, 2.75) is 0 Å². The summed E-state index contributed by atoms with van der Waals surface area (Å²) in [6, 6.07) is 11.6. The molecule has 1 aromatic carbocycles. The second-order valence-electron chi connectivity index (χ2n) is 4.51. The van der Waals surface area contributed by atoms with E-state index in [1.54, 1.807) is 11.3 Å². The minimum absolute atomic E-state index is 0.220. The molecule has 2 aromatic heterocycles. The quantitative estimate of drug-likeness (QED) is 0.537. The first kappa shape index (κ1) is 16.4. The van der Waals surface area contributed by atoms with E-state index in [0.29, 0.717) is 15.0 Å². The molecule has 23 heavy (non-hydrogen) atoms. The molecule has 0 saturated heterocycles. The smallest absolute Gasteiger partial charge is 0.258 e. The fourth-order valence-electron chi connectivity index (χ4n) is 1.93. The second kappa shape index (κ2) is 7.40. The van der Waals surface area contributed by atoms with Crippen molar-refractivity contribution in [3.8, 4) is 0 Å². The second-order valence-corrected chi connectivity index (χ2v) is 8.06. The Morgan fingerprint density at radius 3 is 2.83 bits per heavy atom. The molecule has 3 nitrogen and oxygen atoms in total. The van der Waals surface area contributed by atoms with Crippen molar-refractivity contribution in [2.75, 3.05) is 5.32 Å². The third kappa shape index (κ3) is 4.29. The van der Waals surface area contributed by atoms with Gasteiger partial charge in [0.1, 0.15) is 4.34 Å². The van der Waals surface area contributed by atoms with Crippen LogP contribution in [-0.4, -0.2) is 10.9 Å². The summed E-state index contributed by atoms with van der Waals surface area (Å²) in [5, 5.41) is 5.25. The lowest BCUT2D eigenvalue weighted by atomic mass is 10.0. The predicted octanol–water partition coefficient (Wildman–Crippen LogP) is 5.80. The van der Waals surface area contributed by atoms with Gasteiger partial charge >= 0.3 is 0 Å². The molecule has 7 heteroatoms. The largest absolute Gasteiger partial charge is 0.298 e. The Balaban J connectivity index is 1.96. The number of hydrogen-bond acceptors (Lipinski definition) is 4. The van der Waals surface area contributed by atoms with E-state index in [1.165, 1.54) is 17.5 Å². The number of halogens is 2. The van der Waals surface area contributed by atoms with E-state index >= 15 is 0 Å². The van der Waals surface area contributed by atoms with Crippen molar-refractivity contribution < 1.29 is 4.79 Å². The van der Waals surface area contributed by atoms with Gasteiger partial charge in [-0.25, -0.2) is 4.98 Å². The SMILES string of the molecule is O=C(Nc1ncc(Cl)s1)C(=Cc1cccs1)c1cccc(Br)c1. The van der Waals surface area contributed by atoms with E-state index in [0.717, 1.165) is 14.9 Å². The maximum atomic E-state index is 12.7. The van der Waals surface area contributed by atoms with Crippen molar-refractivity contribution >= 4 is 72.9 Å². The van der Waals surface area contributed by atoms with Crippen molar-refractivity contribution in [1.82, 2.24) is 4.98 Å². The summed E-state index contributed by atoms with van der Waals surface area (Å²) in [5.74, 6) is -0.220. The Morgan fingerprint density at radius 2 is 2.17 bits per heavy atom. The van der Waals surface area contributed by atoms with Crippen LogP contribution in [0.2, 0.25) is 4.34 Å². The monoisotopic (exact) mass is 424 g/mol. The Labute approximate surface area is 154 Å². The third-order valence-corrected chi connectivity index (χ3v) is 5.25. The molecule has 1 N–H and O–H groups in total. The van der Waals surface area contributed by atoms with Crippen LogP contribution in [-0.2, 0) is 4.79 Å². The summed E-state index contributed by atoms with van der Waals surface area (Å²) in [6.45, 7) is 0. The standard InChI is InChI=1S/C16H10BrClN2OS2/c17-11-4-1-3-10(7-11)13(8-12-5-2-6-22-12)15(21)20-16-19-9-14(18)23-16/h1-9H,(H,19,20,21). The van der Waals surface area contributed by atoms with Gasteiger partial charge < -0.3 is 0 Å². The molecular weight excluding hydrogens is 416 g/mol. The summed E-state index contributed by atoms with van der Waals surface area (Å²) in [5.41, 5.74) is 1.40. The molecule has 0 aliphatic heterocycles. The number of thiazole rings is 1. The number of nitrogens with one attached hydrogen (secondary N) is 1. The molecule has 0 aliphatic rings. The van der Waals surface area contributed by atoms with Crippen LogP contribution in [0.25, 0.3) is 11.6 Å². The third-order valence-electron chi connectivity index (χ3n) is 2.91. The highest BCUT2D eigenvalue weighted by Gasteiger charge is 2.15. The summed E-state index contributed by atoms with van der Waals surface area (Å²) < 4.78 is 1.45. The average Bonchev–Trinajstić information content (AvgIpc) is 3.16. The van der Waals surface area contributed by atoms with E-state index in [9.17, 15) is 4.79 Å². The maximum absolute atomic E-state index is 12.7. The lowest BCUT2D eigenvalue weighted by Crippen LogP contribution is -2.13. The molecule has 0 atom stereocenters. The van der Waals surface area contributed by atoms with Crippen LogP contribution in [0.3, 0.4) is 0 Å². The van der Waals surface area contributed by atoms with Crippen LogP contribution in [0.1, 0.15) is 10.4 Å². The number of carbonyl (C=O) groups excluding carboxylic acids is 1. The Kier molecular flexibility index (Phi) is 5.27. The number of aromatic nitrogens is 1. The predicted molar refractivity (Wildman–Crippen MR) is 102 cm³/mol. The number of hydrogen-bond donors (Lipinski definition) is 1. The Hall–Kier alpha value is -1.47. The minimum atomic E-state index is -0.220. The molecule has 0 saturated carbocycles. The summed E-state index contributed by atoms with van der Waals surface area (Å²) >= 11 is 12.1. The van der Waals surface area contributed by atoms with Crippen molar-refractivity contribution in [3.05, 3.63) is 67.2 Å². The number of anilines is 1. The average molecular weight is 426 g/mol. The topological polar surface area (TPSA) is 42.0 Å². The van der Waals surface area contributed by atoms with Gasteiger partial charge in [0, 0.05) is 14.9 Å². The molecule has 0 unspecified atom stereocenters. The number of nitrogens with zero attached hydrogens (tertiary/aromatic N) is 1. The summed E-state index contributed by atoms with van der Waals surface area (Å²) in [4.78, 5) is 17.8. The molecule has 2 heterocycles. The highest BCUT2D eigenvalue weighted by molar-refractivity contribution is 9.10. The molecule has 116 valence electrons. The van der Waals surface area contributed by atoms with Crippen molar-refractivity contribution in [1.29, 1.82) is 0 Å². The molecule has 0 bridgehead atoms. The fourth-order valence-corrected chi connectivity index (χ4v) is 3.79. The van der Waals surface area contributed by atoms with Gasteiger partial charge in [0.15, 0.2) is 5.13 Å². The van der Waals surface area contributed by atoms with Gasteiger partial charge in [-0.05, 0) is 35.2 Å². The van der Waals surface area contributed by atoms with Crippen molar-refractivity contribution in [2.24, 2.45) is 0 Å². The zero-order valence-electron chi connectivity index (χ0n) is 11.6. The first-order chi connectivity index (χ1) is 11.1. The number of benzene rings is 1. The van der Waals surface area contributed by atoms with E-state index < -0.39 is 0 Å².